The highest BCUT2D eigenvalue weighted by Crippen LogP contribution is 2.64. The van der Waals surface area contributed by atoms with Gasteiger partial charge in [0.1, 0.15) is 0 Å². The van der Waals surface area contributed by atoms with E-state index in [1.807, 2.05) is 18.2 Å². The lowest BCUT2D eigenvalue weighted by atomic mass is 9.67. The predicted octanol–water partition coefficient (Wildman–Crippen LogP) is 5.35. The number of carbonyl (C=O) groups is 1. The molecular formula is C19H25NOS3. The molecule has 3 aliphatic rings. The molecule has 2 atom stereocenters. The second kappa shape index (κ2) is 7.16. The van der Waals surface area contributed by atoms with E-state index in [1.165, 1.54) is 30.8 Å². The number of para-hydroxylation sites is 1. The summed E-state index contributed by atoms with van der Waals surface area (Å²) in [5.41, 5.74) is 0.977. The predicted molar refractivity (Wildman–Crippen MR) is 108 cm³/mol. The van der Waals surface area contributed by atoms with Crippen molar-refractivity contribution in [2.45, 2.75) is 41.1 Å². The van der Waals surface area contributed by atoms with E-state index in [1.54, 1.807) is 11.8 Å². The highest BCUT2D eigenvalue weighted by molar-refractivity contribution is 8.21. The zero-order valence-electron chi connectivity index (χ0n) is 14.1. The van der Waals surface area contributed by atoms with Crippen LogP contribution in [0.4, 0.5) is 5.69 Å². The van der Waals surface area contributed by atoms with E-state index >= 15 is 0 Å². The first kappa shape index (κ1) is 17.2. The molecule has 2 bridgehead atoms. The van der Waals surface area contributed by atoms with Crippen molar-refractivity contribution in [1.82, 2.24) is 0 Å². The maximum atomic E-state index is 12.9. The van der Waals surface area contributed by atoms with E-state index in [0.717, 1.165) is 35.3 Å². The van der Waals surface area contributed by atoms with Crippen molar-refractivity contribution in [2.24, 2.45) is 17.8 Å². The lowest BCUT2D eigenvalue weighted by molar-refractivity contribution is -0.122. The van der Waals surface area contributed by atoms with Crippen LogP contribution in [0, 0.1) is 17.8 Å². The van der Waals surface area contributed by atoms with E-state index in [-0.39, 0.29) is 11.8 Å². The summed E-state index contributed by atoms with van der Waals surface area (Å²) in [5, 5.41) is 3.23. The molecule has 0 aromatic heterocycles. The molecule has 24 heavy (non-hydrogen) atoms. The molecule has 1 amide bonds. The Bertz CT molecular complexity index is 598. The number of anilines is 1. The van der Waals surface area contributed by atoms with E-state index in [4.69, 9.17) is 0 Å². The molecule has 2 aliphatic carbocycles. The standard InChI is InChI=1S/C19H25NOS3/c1-22-17-8-3-2-7-16(17)20-18(21)13-11-14-5-4-6-15(12-13)19(14)23-9-10-24-19/h2-3,7-8,13-15H,4-6,9-12H2,1H3,(H,20,21). The van der Waals surface area contributed by atoms with Crippen LogP contribution < -0.4 is 5.32 Å². The molecule has 1 spiro atoms. The van der Waals surface area contributed by atoms with Crippen molar-refractivity contribution in [3.05, 3.63) is 24.3 Å². The summed E-state index contributed by atoms with van der Waals surface area (Å²) in [7, 11) is 0. The first-order valence-corrected chi connectivity index (χ1v) is 12.1. The number of amides is 1. The van der Waals surface area contributed by atoms with Gasteiger partial charge in [0.15, 0.2) is 0 Å². The monoisotopic (exact) mass is 379 g/mol. The summed E-state index contributed by atoms with van der Waals surface area (Å²) in [6.45, 7) is 0. The van der Waals surface area contributed by atoms with Gasteiger partial charge in [-0.2, -0.15) is 0 Å². The number of hydrogen-bond acceptors (Lipinski definition) is 4. The van der Waals surface area contributed by atoms with Crippen molar-refractivity contribution in [1.29, 1.82) is 0 Å². The summed E-state index contributed by atoms with van der Waals surface area (Å²) < 4.78 is 0.451. The van der Waals surface area contributed by atoms with Gasteiger partial charge in [-0.3, -0.25) is 4.79 Å². The second-order valence-electron chi connectivity index (χ2n) is 7.10. The molecule has 4 rings (SSSR count). The van der Waals surface area contributed by atoms with Crippen LogP contribution in [0.2, 0.25) is 0 Å². The third-order valence-electron chi connectivity index (χ3n) is 5.86. The third kappa shape index (κ3) is 3.01. The average molecular weight is 380 g/mol. The molecule has 2 nitrogen and oxygen atoms in total. The first-order chi connectivity index (χ1) is 11.7. The molecule has 1 saturated heterocycles. The zero-order valence-corrected chi connectivity index (χ0v) is 16.6. The molecule has 1 aliphatic heterocycles. The van der Waals surface area contributed by atoms with Crippen LogP contribution in [0.1, 0.15) is 32.1 Å². The van der Waals surface area contributed by atoms with Gasteiger partial charge in [-0.1, -0.05) is 18.6 Å². The number of rotatable bonds is 3. The molecule has 1 aromatic rings. The fourth-order valence-corrected chi connectivity index (χ4v) is 9.30. The van der Waals surface area contributed by atoms with Crippen LogP contribution in [0.25, 0.3) is 0 Å². The topological polar surface area (TPSA) is 29.1 Å². The summed E-state index contributed by atoms with van der Waals surface area (Å²) in [6, 6.07) is 8.14. The van der Waals surface area contributed by atoms with Gasteiger partial charge < -0.3 is 5.32 Å². The minimum atomic E-state index is 0.197. The lowest BCUT2D eigenvalue weighted by Crippen LogP contribution is -2.48. The van der Waals surface area contributed by atoms with Gasteiger partial charge >= 0.3 is 0 Å². The van der Waals surface area contributed by atoms with Crippen molar-refractivity contribution >= 4 is 46.9 Å². The number of benzene rings is 1. The number of thioether (sulfide) groups is 3. The summed E-state index contributed by atoms with van der Waals surface area (Å²) in [4.78, 5) is 14.1. The highest BCUT2D eigenvalue weighted by atomic mass is 32.2. The van der Waals surface area contributed by atoms with E-state index in [2.05, 4.69) is 41.2 Å². The van der Waals surface area contributed by atoms with E-state index in [0.29, 0.717) is 4.08 Å². The highest BCUT2D eigenvalue weighted by Gasteiger charge is 2.55. The molecule has 2 saturated carbocycles. The van der Waals surface area contributed by atoms with Crippen LogP contribution in [0.3, 0.4) is 0 Å². The fraction of sp³-hybridized carbons (Fsp3) is 0.632. The Morgan fingerprint density at radius 1 is 1.17 bits per heavy atom. The normalized spacial score (nSPS) is 31.1. The molecule has 5 heteroatoms. The molecule has 1 aromatic carbocycles. The molecule has 0 radical (unpaired) electrons. The van der Waals surface area contributed by atoms with Gasteiger partial charge in [0.05, 0.1) is 9.77 Å². The molecule has 130 valence electrons. The number of hydrogen-bond donors (Lipinski definition) is 1. The van der Waals surface area contributed by atoms with Crippen LogP contribution in [-0.2, 0) is 4.79 Å². The Labute approximate surface area is 157 Å². The summed E-state index contributed by atoms with van der Waals surface area (Å²) in [6.07, 6.45) is 8.24. The van der Waals surface area contributed by atoms with E-state index < -0.39 is 0 Å². The van der Waals surface area contributed by atoms with Gasteiger partial charge in [0.2, 0.25) is 5.91 Å². The second-order valence-corrected chi connectivity index (χ2v) is 11.0. The Kier molecular flexibility index (Phi) is 5.12. The third-order valence-corrected chi connectivity index (χ3v) is 10.7. The van der Waals surface area contributed by atoms with Gasteiger partial charge in [-0.25, -0.2) is 0 Å². The number of carbonyl (C=O) groups excluding carboxylic acids is 1. The first-order valence-electron chi connectivity index (χ1n) is 8.94. The summed E-state index contributed by atoms with van der Waals surface area (Å²) in [5.74, 6) is 4.51. The van der Waals surface area contributed by atoms with Crippen LogP contribution in [0.15, 0.2) is 29.2 Å². The number of nitrogens with one attached hydrogen (secondary N) is 1. The zero-order chi connectivity index (χ0) is 16.6. The quantitative estimate of drug-likeness (QED) is 0.717. The Balaban J connectivity index is 1.49. The van der Waals surface area contributed by atoms with E-state index in [9.17, 15) is 4.79 Å². The molecule has 1 N–H and O–H groups in total. The average Bonchev–Trinajstić information content (AvgIpc) is 3.04. The van der Waals surface area contributed by atoms with Gasteiger partial charge in [-0.15, -0.1) is 35.3 Å². The van der Waals surface area contributed by atoms with Crippen molar-refractivity contribution in [3.8, 4) is 0 Å². The molecule has 3 fully saturated rings. The maximum Gasteiger partial charge on any atom is 0.227 e. The Morgan fingerprint density at radius 3 is 2.50 bits per heavy atom. The molecule has 1 heterocycles. The minimum absolute atomic E-state index is 0.197. The smallest absolute Gasteiger partial charge is 0.227 e. The van der Waals surface area contributed by atoms with Crippen molar-refractivity contribution in [3.63, 3.8) is 0 Å². The van der Waals surface area contributed by atoms with Gasteiger partial charge in [0, 0.05) is 22.3 Å². The lowest BCUT2D eigenvalue weighted by Gasteiger charge is -2.52. The van der Waals surface area contributed by atoms with Crippen molar-refractivity contribution < 1.29 is 4.79 Å². The van der Waals surface area contributed by atoms with Crippen LogP contribution in [-0.4, -0.2) is 27.7 Å². The largest absolute Gasteiger partial charge is 0.325 e. The summed E-state index contributed by atoms with van der Waals surface area (Å²) >= 11 is 6.11. The van der Waals surface area contributed by atoms with Crippen LogP contribution >= 0.6 is 35.3 Å². The minimum Gasteiger partial charge on any atom is -0.325 e. The Hall–Kier alpha value is -0.260. The molecular weight excluding hydrogens is 354 g/mol. The Morgan fingerprint density at radius 2 is 1.83 bits per heavy atom. The van der Waals surface area contributed by atoms with Crippen molar-refractivity contribution in [2.75, 3.05) is 23.1 Å². The molecule has 2 unspecified atom stereocenters. The fourth-order valence-electron chi connectivity index (χ4n) is 4.81. The maximum absolute atomic E-state index is 12.9. The van der Waals surface area contributed by atoms with Gasteiger partial charge in [-0.05, 0) is 55.9 Å². The van der Waals surface area contributed by atoms with Gasteiger partial charge in [0.25, 0.3) is 0 Å². The SMILES string of the molecule is CSc1ccccc1NC(=O)C1CC2CCCC(C1)C21SCCS1. The van der Waals surface area contributed by atoms with Crippen LogP contribution in [0.5, 0.6) is 0 Å².